The predicted octanol–water partition coefficient (Wildman–Crippen LogP) is 2.75. The van der Waals surface area contributed by atoms with Gasteiger partial charge in [0.1, 0.15) is 6.10 Å². The third kappa shape index (κ3) is 3.29. The van der Waals surface area contributed by atoms with Crippen LogP contribution in [0.4, 0.5) is 0 Å². The van der Waals surface area contributed by atoms with Crippen LogP contribution in [0.2, 0.25) is 0 Å². The number of unbranched alkanes of at least 4 members (excludes halogenated alkanes) is 1. The topological polar surface area (TPSA) is 74.2 Å². The molecule has 2 rings (SSSR count). The molecule has 5 nitrogen and oxygen atoms in total. The predicted molar refractivity (Wildman–Crippen MR) is 67.8 cm³/mol. The Balaban J connectivity index is 1.99. The van der Waals surface area contributed by atoms with E-state index in [1.807, 2.05) is 6.92 Å². The molecule has 0 radical (unpaired) electrons. The van der Waals surface area contributed by atoms with Crippen molar-refractivity contribution in [3.8, 4) is 0 Å². The largest absolute Gasteiger partial charge is 0.370 e. The summed E-state index contributed by atoms with van der Waals surface area (Å²) in [6, 6.07) is -0.146. The van der Waals surface area contributed by atoms with Crippen LogP contribution in [0.25, 0.3) is 0 Å². The molecule has 18 heavy (non-hydrogen) atoms. The molecular weight excluding hydrogens is 230 g/mol. The molecule has 102 valence electrons. The molecule has 1 unspecified atom stereocenters. The lowest BCUT2D eigenvalue weighted by molar-refractivity contribution is 0.0384. The molecule has 2 atom stereocenters. The second kappa shape index (κ2) is 6.29. The molecule has 1 saturated carbocycles. The molecule has 1 heterocycles. The fourth-order valence-corrected chi connectivity index (χ4v) is 2.06. The van der Waals surface area contributed by atoms with Gasteiger partial charge in [-0.1, -0.05) is 24.9 Å². The summed E-state index contributed by atoms with van der Waals surface area (Å²) in [6.45, 7) is 4.81. The maximum atomic E-state index is 6.02. The van der Waals surface area contributed by atoms with Gasteiger partial charge >= 0.3 is 0 Å². The molecule has 1 aliphatic rings. The Morgan fingerprint density at radius 3 is 2.83 bits per heavy atom. The van der Waals surface area contributed by atoms with Gasteiger partial charge in [-0.15, -0.1) is 0 Å². The van der Waals surface area contributed by atoms with Crippen LogP contribution in [-0.4, -0.2) is 16.7 Å². The van der Waals surface area contributed by atoms with Crippen LogP contribution >= 0.6 is 0 Å². The molecule has 0 amide bonds. The first kappa shape index (κ1) is 13.5. The molecule has 1 aromatic heterocycles. The average molecular weight is 253 g/mol. The first-order chi connectivity index (χ1) is 8.76. The van der Waals surface area contributed by atoms with Gasteiger partial charge in [0.25, 0.3) is 0 Å². The van der Waals surface area contributed by atoms with Crippen molar-refractivity contribution in [1.29, 1.82) is 0 Å². The number of aromatic nitrogens is 2. The zero-order valence-electron chi connectivity index (χ0n) is 11.3. The highest BCUT2D eigenvalue weighted by molar-refractivity contribution is 5.00. The van der Waals surface area contributed by atoms with Crippen molar-refractivity contribution in [2.45, 2.75) is 58.1 Å². The minimum absolute atomic E-state index is 0.00845. The minimum atomic E-state index is -0.146. The number of hydrogen-bond acceptors (Lipinski definition) is 5. The summed E-state index contributed by atoms with van der Waals surface area (Å²) in [4.78, 5) is 4.42. The van der Waals surface area contributed by atoms with E-state index in [9.17, 15) is 0 Å². The lowest BCUT2D eigenvalue weighted by atomic mass is 10.1. The summed E-state index contributed by atoms with van der Waals surface area (Å²) in [5.41, 5.74) is 6.02. The smallest absolute Gasteiger partial charge is 0.243 e. The lowest BCUT2D eigenvalue weighted by Crippen LogP contribution is -2.12. The number of nitrogens with two attached hydrogens (primary N) is 1. The van der Waals surface area contributed by atoms with Crippen LogP contribution < -0.4 is 5.73 Å². The van der Waals surface area contributed by atoms with Gasteiger partial charge in [0.2, 0.25) is 11.7 Å². The van der Waals surface area contributed by atoms with E-state index in [0.717, 1.165) is 19.3 Å². The number of nitrogens with zero attached hydrogens (tertiary/aromatic N) is 2. The van der Waals surface area contributed by atoms with Crippen molar-refractivity contribution in [3.05, 3.63) is 11.7 Å². The molecule has 1 fully saturated rings. The SMILES string of the molecule is CCCC[C@H](N)c1nc(C(OCC)C2CC2)no1. The van der Waals surface area contributed by atoms with E-state index < -0.39 is 0 Å². The van der Waals surface area contributed by atoms with E-state index in [0.29, 0.717) is 24.2 Å². The minimum Gasteiger partial charge on any atom is -0.370 e. The van der Waals surface area contributed by atoms with Gasteiger partial charge in [-0.25, -0.2) is 0 Å². The zero-order chi connectivity index (χ0) is 13.0. The maximum Gasteiger partial charge on any atom is 0.243 e. The quantitative estimate of drug-likeness (QED) is 0.771. The summed E-state index contributed by atoms with van der Waals surface area (Å²) in [5.74, 6) is 1.77. The number of hydrogen-bond donors (Lipinski definition) is 1. The van der Waals surface area contributed by atoms with E-state index in [1.54, 1.807) is 0 Å². The summed E-state index contributed by atoms with van der Waals surface area (Å²) in [7, 11) is 0. The van der Waals surface area contributed by atoms with Gasteiger partial charge in [-0.2, -0.15) is 4.98 Å². The van der Waals surface area contributed by atoms with E-state index in [2.05, 4.69) is 17.1 Å². The molecule has 0 aromatic carbocycles. The standard InChI is InChI=1S/C13H23N3O2/c1-3-5-6-10(14)13-15-12(16-18-13)11(17-4-2)9-7-8-9/h9-11H,3-8,14H2,1-2H3/t10-,11?/m0/s1. The van der Waals surface area contributed by atoms with Crippen LogP contribution in [-0.2, 0) is 4.74 Å². The fraction of sp³-hybridized carbons (Fsp3) is 0.846. The Labute approximate surface area is 108 Å². The van der Waals surface area contributed by atoms with Crippen LogP contribution in [0, 0.1) is 5.92 Å². The van der Waals surface area contributed by atoms with Gasteiger partial charge in [0.15, 0.2) is 0 Å². The second-order valence-corrected chi connectivity index (χ2v) is 4.95. The summed E-state index contributed by atoms with van der Waals surface area (Å²) >= 11 is 0. The molecule has 0 spiro atoms. The highest BCUT2D eigenvalue weighted by Crippen LogP contribution is 2.42. The monoisotopic (exact) mass is 253 g/mol. The van der Waals surface area contributed by atoms with Crippen molar-refractivity contribution in [3.63, 3.8) is 0 Å². The average Bonchev–Trinajstić information content (AvgIpc) is 3.09. The number of ether oxygens (including phenoxy) is 1. The third-order valence-electron chi connectivity index (χ3n) is 3.29. The molecular formula is C13H23N3O2. The van der Waals surface area contributed by atoms with Crippen molar-refractivity contribution < 1.29 is 9.26 Å². The molecule has 1 aliphatic carbocycles. The molecule has 0 saturated heterocycles. The van der Waals surface area contributed by atoms with Gasteiger partial charge in [-0.3, -0.25) is 0 Å². The van der Waals surface area contributed by atoms with Crippen molar-refractivity contribution >= 4 is 0 Å². The van der Waals surface area contributed by atoms with E-state index in [-0.39, 0.29) is 12.1 Å². The highest BCUT2D eigenvalue weighted by Gasteiger charge is 2.36. The normalized spacial score (nSPS) is 18.8. The van der Waals surface area contributed by atoms with Crippen molar-refractivity contribution in [1.82, 2.24) is 10.1 Å². The van der Waals surface area contributed by atoms with Gasteiger partial charge in [-0.05, 0) is 32.1 Å². The highest BCUT2D eigenvalue weighted by atomic mass is 16.5. The molecule has 0 bridgehead atoms. The first-order valence-corrected chi connectivity index (χ1v) is 6.96. The Morgan fingerprint density at radius 2 is 2.22 bits per heavy atom. The third-order valence-corrected chi connectivity index (χ3v) is 3.29. The molecule has 5 heteroatoms. The lowest BCUT2D eigenvalue weighted by Gasteiger charge is -2.11. The Kier molecular flexibility index (Phi) is 4.72. The van der Waals surface area contributed by atoms with E-state index >= 15 is 0 Å². The van der Waals surface area contributed by atoms with Crippen molar-refractivity contribution in [2.75, 3.05) is 6.61 Å². The van der Waals surface area contributed by atoms with Crippen molar-refractivity contribution in [2.24, 2.45) is 11.7 Å². The molecule has 0 aliphatic heterocycles. The van der Waals surface area contributed by atoms with Crippen LogP contribution in [0.1, 0.15) is 69.8 Å². The molecule has 1 aromatic rings. The maximum absolute atomic E-state index is 6.02. The number of rotatable bonds is 8. The Hall–Kier alpha value is -0.940. The van der Waals surface area contributed by atoms with Gasteiger partial charge < -0.3 is 15.0 Å². The fourth-order valence-electron chi connectivity index (χ4n) is 2.06. The molecule has 2 N–H and O–H groups in total. The van der Waals surface area contributed by atoms with Gasteiger partial charge in [0.05, 0.1) is 6.04 Å². The summed E-state index contributed by atoms with van der Waals surface area (Å²) in [5, 5.41) is 4.03. The Morgan fingerprint density at radius 1 is 1.44 bits per heavy atom. The van der Waals surface area contributed by atoms with E-state index in [4.69, 9.17) is 15.0 Å². The first-order valence-electron chi connectivity index (χ1n) is 6.96. The summed E-state index contributed by atoms with van der Waals surface area (Å²) < 4.78 is 11.0. The van der Waals surface area contributed by atoms with Crippen LogP contribution in [0.5, 0.6) is 0 Å². The zero-order valence-corrected chi connectivity index (χ0v) is 11.3. The summed E-state index contributed by atoms with van der Waals surface area (Å²) in [6.07, 6.45) is 5.47. The van der Waals surface area contributed by atoms with Crippen LogP contribution in [0.15, 0.2) is 4.52 Å². The van der Waals surface area contributed by atoms with Crippen LogP contribution in [0.3, 0.4) is 0 Å². The Bertz CT molecular complexity index is 363. The second-order valence-electron chi connectivity index (χ2n) is 4.95. The van der Waals surface area contributed by atoms with E-state index in [1.165, 1.54) is 12.8 Å². The van der Waals surface area contributed by atoms with Gasteiger partial charge in [0, 0.05) is 6.61 Å².